The summed E-state index contributed by atoms with van der Waals surface area (Å²) in [7, 11) is 0. The second-order valence-corrected chi connectivity index (χ2v) is 5.59. The van der Waals surface area contributed by atoms with Gasteiger partial charge < -0.3 is 40.0 Å². The Hall–Kier alpha value is -2.40. The summed E-state index contributed by atoms with van der Waals surface area (Å²) in [6, 6.07) is 4.58. The molecule has 10 heteroatoms. The molecule has 0 saturated carbocycles. The zero-order valence-electron chi connectivity index (χ0n) is 14.9. The molecular weight excluding hydrogens is 350 g/mol. The van der Waals surface area contributed by atoms with Crippen molar-refractivity contribution in [2.24, 2.45) is 0 Å². The third-order valence-corrected chi connectivity index (χ3v) is 3.77. The smallest absolute Gasteiger partial charge is 0.335 e. The van der Waals surface area contributed by atoms with Gasteiger partial charge in [-0.05, 0) is 24.6 Å². The molecule has 26 heavy (non-hydrogen) atoms. The summed E-state index contributed by atoms with van der Waals surface area (Å²) in [5.74, 6) is -1.34. The molecule has 1 aliphatic rings. The van der Waals surface area contributed by atoms with E-state index in [0.29, 0.717) is 17.8 Å². The molecule has 1 heterocycles. The molecule has 0 spiro atoms. The zero-order valence-corrected chi connectivity index (χ0v) is 13.9. The van der Waals surface area contributed by atoms with Crippen LogP contribution in [0.25, 0.3) is 0 Å². The number of ether oxygens (including phenoxy) is 3. The number of carbonyl (C=O) groups excluding carboxylic acids is 1. The van der Waals surface area contributed by atoms with Gasteiger partial charge in [0.2, 0.25) is 6.29 Å². The van der Waals surface area contributed by atoms with E-state index in [4.69, 9.17) is 16.0 Å². The highest BCUT2D eigenvalue weighted by atomic mass is 16.7. The van der Waals surface area contributed by atoms with Gasteiger partial charge in [0.05, 0.1) is 5.69 Å². The Morgan fingerprint density at radius 1 is 1.35 bits per heavy atom. The number of nitrogens with one attached hydrogen (secondary N) is 1. The molecule has 0 aliphatic carbocycles. The van der Waals surface area contributed by atoms with Gasteiger partial charge in [-0.25, -0.2) is 4.79 Å². The number of carbonyl (C=O) groups is 2. The maximum absolute atomic E-state index is 11.2. The summed E-state index contributed by atoms with van der Waals surface area (Å²) in [4.78, 5) is 21.8. The minimum absolute atomic E-state index is 0.129. The molecule has 1 saturated heterocycles. The van der Waals surface area contributed by atoms with E-state index in [0.717, 1.165) is 0 Å². The zero-order chi connectivity index (χ0) is 20.1. The van der Waals surface area contributed by atoms with Crippen molar-refractivity contribution in [3.63, 3.8) is 0 Å². The highest BCUT2D eigenvalue weighted by molar-refractivity contribution is 5.73. The van der Waals surface area contributed by atoms with Gasteiger partial charge in [0, 0.05) is 6.54 Å². The summed E-state index contributed by atoms with van der Waals surface area (Å²) in [5.41, 5.74) is 0.988. The van der Waals surface area contributed by atoms with Crippen LogP contribution in [-0.4, -0.2) is 70.1 Å². The summed E-state index contributed by atoms with van der Waals surface area (Å²) >= 11 is 0. The fourth-order valence-electron chi connectivity index (χ4n) is 2.49. The van der Waals surface area contributed by atoms with Crippen molar-refractivity contribution in [2.75, 3.05) is 11.9 Å². The van der Waals surface area contributed by atoms with E-state index in [-0.39, 0.29) is 12.4 Å². The third-order valence-electron chi connectivity index (χ3n) is 3.77. The Labute approximate surface area is 150 Å². The molecule has 144 valence electrons. The second kappa shape index (κ2) is 8.81. The standard InChI is InChI=1S/C16H21NO9/c1-2-17-9-5-8(6-24-7-18)3-4-10(9)25-16-13(21)11(19)12(20)14(26-16)15(22)23/h3-5,7,11-14,16-17,19-21H,2,6H2,1H3,(H,22,23)/i7D. The van der Waals surface area contributed by atoms with E-state index < -0.39 is 43.1 Å². The molecule has 1 fully saturated rings. The topological polar surface area (TPSA) is 155 Å². The third kappa shape index (κ3) is 4.41. The maximum atomic E-state index is 11.2. The summed E-state index contributed by atoms with van der Waals surface area (Å²) in [5, 5.41) is 41.6. The fraction of sp³-hybridized carbons (Fsp3) is 0.500. The van der Waals surface area contributed by atoms with E-state index >= 15 is 0 Å². The summed E-state index contributed by atoms with van der Waals surface area (Å²) < 4.78 is 22.0. The van der Waals surface area contributed by atoms with Crippen LogP contribution in [0.3, 0.4) is 0 Å². The molecule has 1 aliphatic heterocycles. The van der Waals surface area contributed by atoms with Crippen molar-refractivity contribution in [1.82, 2.24) is 0 Å². The lowest BCUT2D eigenvalue weighted by molar-refractivity contribution is -0.271. The van der Waals surface area contributed by atoms with Crippen LogP contribution in [0.5, 0.6) is 5.75 Å². The maximum Gasteiger partial charge on any atom is 0.335 e. The van der Waals surface area contributed by atoms with E-state index in [1.54, 1.807) is 6.07 Å². The SMILES string of the molecule is [2H]C(=O)OCc1ccc(OC2OC(C(=O)O)C(O)C(O)C2O)c(NCC)c1. The molecule has 5 unspecified atom stereocenters. The van der Waals surface area contributed by atoms with E-state index in [2.05, 4.69) is 10.1 Å². The molecule has 5 atom stereocenters. The number of hydrogen-bond donors (Lipinski definition) is 5. The van der Waals surface area contributed by atoms with Crippen molar-refractivity contribution in [3.8, 4) is 5.75 Å². The van der Waals surface area contributed by atoms with Crippen molar-refractivity contribution in [2.45, 2.75) is 44.2 Å². The van der Waals surface area contributed by atoms with Gasteiger partial charge in [0.25, 0.3) is 6.45 Å². The quantitative estimate of drug-likeness (QED) is 0.379. The lowest BCUT2D eigenvalue weighted by Crippen LogP contribution is -2.61. The molecule has 10 nitrogen and oxygen atoms in total. The number of rotatable bonds is 7. The van der Waals surface area contributed by atoms with Crippen LogP contribution >= 0.6 is 0 Å². The average molecular weight is 372 g/mol. The van der Waals surface area contributed by atoms with E-state index in [1.165, 1.54) is 12.1 Å². The number of carboxylic acid groups (broad SMARTS) is 1. The monoisotopic (exact) mass is 372 g/mol. The largest absolute Gasteiger partial charge is 0.479 e. The first-order chi connectivity index (χ1) is 12.7. The summed E-state index contributed by atoms with van der Waals surface area (Å²) in [6.07, 6.45) is -9.76. The van der Waals surface area contributed by atoms with Crippen molar-refractivity contribution in [3.05, 3.63) is 23.8 Å². The fourth-order valence-corrected chi connectivity index (χ4v) is 2.49. The Morgan fingerprint density at radius 2 is 2.08 bits per heavy atom. The minimum atomic E-state index is -1.81. The molecule has 1 aromatic rings. The first-order valence-electron chi connectivity index (χ1n) is 8.33. The number of aliphatic hydroxyl groups excluding tert-OH is 3. The average Bonchev–Trinajstić information content (AvgIpc) is 2.61. The molecule has 0 aromatic heterocycles. The van der Waals surface area contributed by atoms with Crippen molar-refractivity contribution < 1.29 is 45.6 Å². The molecule has 1 aromatic carbocycles. The predicted molar refractivity (Wildman–Crippen MR) is 86.4 cm³/mol. The van der Waals surface area contributed by atoms with Crippen LogP contribution in [0.1, 0.15) is 13.9 Å². The predicted octanol–water partition coefficient (Wildman–Crippen LogP) is -0.938. The van der Waals surface area contributed by atoms with Crippen LogP contribution in [-0.2, 0) is 25.7 Å². The summed E-state index contributed by atoms with van der Waals surface area (Å²) in [6.45, 7) is 2.17. The molecule has 0 bridgehead atoms. The van der Waals surface area contributed by atoms with Gasteiger partial charge in [0.1, 0.15) is 30.7 Å². The molecule has 0 amide bonds. The van der Waals surface area contributed by atoms with Crippen LogP contribution in [0.15, 0.2) is 18.2 Å². The Morgan fingerprint density at radius 3 is 2.69 bits per heavy atom. The molecular formula is C16H21NO9. The minimum Gasteiger partial charge on any atom is -0.479 e. The van der Waals surface area contributed by atoms with Crippen molar-refractivity contribution >= 4 is 18.1 Å². The van der Waals surface area contributed by atoms with Crippen molar-refractivity contribution in [1.29, 1.82) is 0 Å². The number of benzene rings is 1. The second-order valence-electron chi connectivity index (χ2n) is 5.59. The highest BCUT2D eigenvalue weighted by Crippen LogP contribution is 2.30. The van der Waals surface area contributed by atoms with Gasteiger partial charge in [0.15, 0.2) is 7.47 Å². The number of aliphatic carboxylic acids is 1. The molecule has 2 rings (SSSR count). The van der Waals surface area contributed by atoms with Gasteiger partial charge in [-0.3, -0.25) is 4.79 Å². The Balaban J connectivity index is 2.21. The Bertz CT molecular complexity index is 686. The number of anilines is 1. The Kier molecular flexibility index (Phi) is 6.23. The normalized spacial score (nSPS) is 28.8. The lowest BCUT2D eigenvalue weighted by Gasteiger charge is -2.38. The first kappa shape index (κ1) is 18.4. The van der Waals surface area contributed by atoms with Gasteiger partial charge in [-0.2, -0.15) is 0 Å². The number of aliphatic hydroxyl groups is 3. The van der Waals surface area contributed by atoms with Crippen LogP contribution in [0.4, 0.5) is 5.69 Å². The van der Waals surface area contributed by atoms with Crippen LogP contribution in [0.2, 0.25) is 0 Å². The van der Waals surface area contributed by atoms with Gasteiger partial charge in [-0.1, -0.05) is 6.07 Å². The highest BCUT2D eigenvalue weighted by Gasteiger charge is 2.48. The molecule has 0 radical (unpaired) electrons. The first-order valence-corrected chi connectivity index (χ1v) is 7.83. The van der Waals surface area contributed by atoms with E-state index in [9.17, 15) is 24.9 Å². The number of carboxylic acids is 1. The lowest BCUT2D eigenvalue weighted by atomic mass is 9.99. The van der Waals surface area contributed by atoms with E-state index in [1.807, 2.05) is 6.92 Å². The number of hydrogen-bond acceptors (Lipinski definition) is 9. The molecule has 5 N–H and O–H groups in total. The van der Waals surface area contributed by atoms with Gasteiger partial charge >= 0.3 is 5.97 Å². The van der Waals surface area contributed by atoms with Crippen LogP contribution < -0.4 is 10.1 Å². The van der Waals surface area contributed by atoms with Gasteiger partial charge in [-0.15, -0.1) is 0 Å². The van der Waals surface area contributed by atoms with Crippen LogP contribution in [0, 0.1) is 0 Å².